The molecule has 2 bridgehead atoms. The van der Waals surface area contributed by atoms with E-state index in [1.807, 2.05) is 18.2 Å². The van der Waals surface area contributed by atoms with Gasteiger partial charge in [-0.3, -0.25) is 0 Å². The first kappa shape index (κ1) is 9.72. The molecule has 0 radical (unpaired) electrons. The third-order valence-electron chi connectivity index (χ3n) is 4.37. The molecule has 0 saturated heterocycles. The molecule has 3 N–H and O–H groups in total. The number of aromatic nitrogens is 1. The molecule has 17 heavy (non-hydrogen) atoms. The van der Waals surface area contributed by atoms with Crippen LogP contribution in [0.25, 0.3) is 10.9 Å². The number of nitrogen functional groups attached to an aromatic ring is 1. The summed E-state index contributed by atoms with van der Waals surface area (Å²) in [6.45, 7) is 0. The summed E-state index contributed by atoms with van der Waals surface area (Å²) in [5.74, 6) is 1.38. The maximum atomic E-state index is 6.34. The first-order valence-electron chi connectivity index (χ1n) is 6.18. The molecule has 1 saturated carbocycles. The third kappa shape index (κ3) is 1.19. The van der Waals surface area contributed by atoms with Crippen LogP contribution in [0.3, 0.4) is 0 Å². The topological polar surface area (TPSA) is 40.2 Å². The molecule has 1 aromatic heterocycles. The molecular formula is C14H14ClN2+. The number of H-pyrrole nitrogens is 1. The smallest absolute Gasteiger partial charge is 0.214 e. The van der Waals surface area contributed by atoms with Crippen molar-refractivity contribution in [2.45, 2.75) is 31.1 Å². The Morgan fingerprint density at radius 3 is 2.94 bits per heavy atom. The Hall–Kier alpha value is -1.28. The number of pyridine rings is 1. The van der Waals surface area contributed by atoms with E-state index in [1.165, 1.54) is 30.5 Å². The van der Waals surface area contributed by atoms with Gasteiger partial charge in [0.2, 0.25) is 5.52 Å². The predicted molar refractivity (Wildman–Crippen MR) is 69.3 cm³/mol. The summed E-state index contributed by atoms with van der Waals surface area (Å²) in [6, 6.07) is 5.91. The van der Waals surface area contributed by atoms with Crippen LogP contribution >= 0.6 is 11.6 Å². The maximum Gasteiger partial charge on any atom is 0.214 e. The molecule has 2 unspecified atom stereocenters. The van der Waals surface area contributed by atoms with Crippen molar-refractivity contribution in [2.24, 2.45) is 0 Å². The molecule has 86 valence electrons. The summed E-state index contributed by atoms with van der Waals surface area (Å²) < 4.78 is 0. The molecule has 0 aliphatic heterocycles. The number of nitrogens with two attached hydrogens (primary N) is 1. The van der Waals surface area contributed by atoms with Crippen LogP contribution in [0.1, 0.15) is 42.4 Å². The lowest BCUT2D eigenvalue weighted by Gasteiger charge is -2.13. The van der Waals surface area contributed by atoms with Gasteiger partial charge in [0, 0.05) is 22.6 Å². The Morgan fingerprint density at radius 1 is 1.24 bits per heavy atom. The highest BCUT2D eigenvalue weighted by molar-refractivity contribution is 6.31. The van der Waals surface area contributed by atoms with Crippen LogP contribution in [0.4, 0.5) is 5.69 Å². The van der Waals surface area contributed by atoms with Crippen molar-refractivity contribution in [3.8, 4) is 0 Å². The quantitative estimate of drug-likeness (QED) is 0.761. The molecule has 2 nitrogen and oxygen atoms in total. The minimum absolute atomic E-state index is 0.686. The van der Waals surface area contributed by atoms with Gasteiger partial charge in [0.05, 0.1) is 11.1 Å². The van der Waals surface area contributed by atoms with Crippen LogP contribution < -0.4 is 10.7 Å². The molecule has 4 rings (SSSR count). The lowest BCUT2D eigenvalue weighted by Crippen LogP contribution is -2.18. The molecule has 1 aromatic carbocycles. The van der Waals surface area contributed by atoms with E-state index in [-0.39, 0.29) is 0 Å². The van der Waals surface area contributed by atoms with Gasteiger partial charge < -0.3 is 5.73 Å². The standard InChI is InChI=1S/C14H13ClN2/c15-9-3-4-10-11(6-9)17-14-8-2-1-7(5-8)12(14)13(10)16/h3-4,6-8H,1-2,5H2,(H2,16,17)/p+1. The van der Waals surface area contributed by atoms with E-state index in [1.54, 1.807) is 0 Å². The first-order chi connectivity index (χ1) is 8.24. The lowest BCUT2D eigenvalue weighted by atomic mass is 9.93. The second-order valence-corrected chi connectivity index (χ2v) is 5.70. The van der Waals surface area contributed by atoms with Crippen LogP contribution in [0.2, 0.25) is 5.02 Å². The van der Waals surface area contributed by atoms with Crippen molar-refractivity contribution in [1.82, 2.24) is 0 Å². The SMILES string of the molecule is Nc1c2c([nH+]c3cc(Cl)ccc13)C1CCC2C1. The lowest BCUT2D eigenvalue weighted by molar-refractivity contribution is -0.360. The summed E-state index contributed by atoms with van der Waals surface area (Å²) in [7, 11) is 0. The highest BCUT2D eigenvalue weighted by Crippen LogP contribution is 2.54. The zero-order chi connectivity index (χ0) is 11.6. The molecule has 2 aliphatic rings. The summed E-state index contributed by atoms with van der Waals surface area (Å²) in [6.07, 6.45) is 3.88. The Balaban J connectivity index is 2.10. The Morgan fingerprint density at radius 2 is 2.06 bits per heavy atom. The van der Waals surface area contributed by atoms with Gasteiger partial charge in [0.15, 0.2) is 5.69 Å². The third-order valence-corrected chi connectivity index (χ3v) is 4.61. The van der Waals surface area contributed by atoms with E-state index in [9.17, 15) is 0 Å². The van der Waals surface area contributed by atoms with Gasteiger partial charge in [0.25, 0.3) is 0 Å². The van der Waals surface area contributed by atoms with Crippen molar-refractivity contribution in [3.05, 3.63) is 34.5 Å². The summed E-state index contributed by atoms with van der Waals surface area (Å²) in [5, 5.41) is 1.87. The van der Waals surface area contributed by atoms with Crippen LogP contribution in [0, 0.1) is 0 Å². The van der Waals surface area contributed by atoms with Gasteiger partial charge in [-0.1, -0.05) is 11.6 Å². The van der Waals surface area contributed by atoms with Crippen LogP contribution in [0.15, 0.2) is 18.2 Å². The predicted octanol–water partition coefficient (Wildman–Crippen LogP) is 3.25. The Labute approximate surface area is 105 Å². The van der Waals surface area contributed by atoms with Gasteiger partial charge in [-0.05, 0) is 37.3 Å². The normalized spacial score (nSPS) is 25.5. The van der Waals surface area contributed by atoms with E-state index in [2.05, 4.69) is 4.98 Å². The number of aromatic amines is 1. The molecule has 0 amide bonds. The number of anilines is 1. The largest absolute Gasteiger partial charge is 0.398 e. The van der Waals surface area contributed by atoms with Crippen LogP contribution in [-0.2, 0) is 0 Å². The molecular weight excluding hydrogens is 232 g/mol. The summed E-state index contributed by atoms with van der Waals surface area (Å²) >= 11 is 6.04. The summed E-state index contributed by atoms with van der Waals surface area (Å²) in [5.41, 5.74) is 11.1. The number of benzene rings is 1. The van der Waals surface area contributed by atoms with E-state index < -0.39 is 0 Å². The fourth-order valence-corrected chi connectivity index (χ4v) is 3.80. The Kier molecular flexibility index (Phi) is 1.79. The van der Waals surface area contributed by atoms with Gasteiger partial charge in [-0.15, -0.1) is 0 Å². The molecule has 2 aliphatic carbocycles. The monoisotopic (exact) mass is 245 g/mol. The molecule has 1 heterocycles. The molecule has 3 heteroatoms. The van der Waals surface area contributed by atoms with Crippen molar-refractivity contribution in [3.63, 3.8) is 0 Å². The van der Waals surface area contributed by atoms with E-state index in [0.29, 0.717) is 11.8 Å². The average molecular weight is 246 g/mol. The second-order valence-electron chi connectivity index (χ2n) is 5.26. The van der Waals surface area contributed by atoms with Gasteiger partial charge in [0.1, 0.15) is 0 Å². The zero-order valence-corrected chi connectivity index (χ0v) is 10.2. The Bertz CT molecular complexity index is 636. The zero-order valence-electron chi connectivity index (χ0n) is 9.46. The number of nitrogens with one attached hydrogen (secondary N) is 1. The van der Waals surface area contributed by atoms with E-state index in [4.69, 9.17) is 17.3 Å². The molecule has 2 atom stereocenters. The first-order valence-corrected chi connectivity index (χ1v) is 6.55. The fraction of sp³-hybridized carbons (Fsp3) is 0.357. The van der Waals surface area contributed by atoms with Crippen molar-refractivity contribution in [1.29, 1.82) is 0 Å². The van der Waals surface area contributed by atoms with E-state index in [0.717, 1.165) is 21.6 Å². The highest BCUT2D eigenvalue weighted by Gasteiger charge is 2.43. The van der Waals surface area contributed by atoms with Gasteiger partial charge >= 0.3 is 0 Å². The minimum atomic E-state index is 0.686. The number of fused-ring (bicyclic) bond motifs is 6. The number of rotatable bonds is 0. The number of hydrogen-bond donors (Lipinski definition) is 1. The van der Waals surface area contributed by atoms with Crippen molar-refractivity contribution < 1.29 is 4.98 Å². The molecule has 2 aromatic rings. The minimum Gasteiger partial charge on any atom is -0.398 e. The van der Waals surface area contributed by atoms with Crippen molar-refractivity contribution in [2.75, 3.05) is 5.73 Å². The van der Waals surface area contributed by atoms with E-state index >= 15 is 0 Å². The number of hydrogen-bond acceptors (Lipinski definition) is 1. The highest BCUT2D eigenvalue weighted by atomic mass is 35.5. The van der Waals surface area contributed by atoms with Gasteiger partial charge in [-0.2, -0.15) is 0 Å². The second kappa shape index (κ2) is 3.14. The maximum absolute atomic E-state index is 6.34. The number of halogens is 1. The molecule has 1 fully saturated rings. The van der Waals surface area contributed by atoms with Gasteiger partial charge in [-0.25, -0.2) is 4.98 Å². The molecule has 0 spiro atoms. The average Bonchev–Trinajstić information content (AvgIpc) is 2.89. The fourth-order valence-electron chi connectivity index (χ4n) is 3.63. The summed E-state index contributed by atoms with van der Waals surface area (Å²) in [4.78, 5) is 3.56. The van der Waals surface area contributed by atoms with Crippen LogP contribution in [0.5, 0.6) is 0 Å². The van der Waals surface area contributed by atoms with Crippen molar-refractivity contribution >= 4 is 28.2 Å². The van der Waals surface area contributed by atoms with Crippen LogP contribution in [-0.4, -0.2) is 0 Å².